The van der Waals surface area contributed by atoms with Crippen LogP contribution >= 0.6 is 0 Å². The predicted molar refractivity (Wildman–Crippen MR) is 158 cm³/mol. The first kappa shape index (κ1) is 32.0. The normalized spacial score (nSPS) is 19.1. The standard InChI is InChI=1S/C31H43FN4O5/c1-22(26-7-3-4-8-28(26)41-17-13-32)19-34-20-23(2)27(18-30(38)39)35-31(40)25-6-5-16-36(21-25)29(37)10-9-24-11-14-33-15-12-24/h3-4,7-8,19-20,24-25,27,33H,2,5-6,9-18,21H2,1H3,(H,35,40)(H,38,39)/b22-19+,34-20-/t25-,27+/m1/s1. The molecule has 0 unspecified atom stereocenters. The third-order valence-electron chi connectivity index (χ3n) is 7.67. The number of hydrogen-bond acceptors (Lipinski definition) is 6. The van der Waals surface area contributed by atoms with Crippen molar-refractivity contribution in [3.8, 4) is 5.75 Å². The summed E-state index contributed by atoms with van der Waals surface area (Å²) in [5.74, 6) is -0.581. The molecule has 0 radical (unpaired) electrons. The molecule has 0 saturated carbocycles. The molecule has 2 aliphatic heterocycles. The highest BCUT2D eigenvalue weighted by Gasteiger charge is 2.30. The number of carboxylic acid groups (broad SMARTS) is 1. The van der Waals surface area contributed by atoms with Crippen molar-refractivity contribution < 1.29 is 28.6 Å². The number of ether oxygens (including phenoxy) is 1. The maximum absolute atomic E-state index is 13.2. The van der Waals surface area contributed by atoms with Gasteiger partial charge in [0.25, 0.3) is 0 Å². The molecule has 9 nitrogen and oxygen atoms in total. The van der Waals surface area contributed by atoms with Gasteiger partial charge in [-0.2, -0.15) is 0 Å². The van der Waals surface area contributed by atoms with E-state index >= 15 is 0 Å². The van der Waals surface area contributed by atoms with Crippen molar-refractivity contribution in [3.05, 3.63) is 48.2 Å². The number of likely N-dealkylation sites (tertiary alicyclic amines) is 1. The molecule has 2 amide bonds. The Morgan fingerprint density at radius 1 is 1.27 bits per heavy atom. The third kappa shape index (κ3) is 10.4. The number of halogens is 1. The molecule has 10 heteroatoms. The Morgan fingerprint density at radius 3 is 2.76 bits per heavy atom. The first-order chi connectivity index (χ1) is 19.8. The smallest absolute Gasteiger partial charge is 0.305 e. The lowest BCUT2D eigenvalue weighted by molar-refractivity contribution is -0.137. The Hall–Kier alpha value is -3.53. The number of carbonyl (C=O) groups excluding carboxylic acids is 2. The molecule has 2 atom stereocenters. The fourth-order valence-electron chi connectivity index (χ4n) is 5.28. The van der Waals surface area contributed by atoms with Crippen LogP contribution in [0.5, 0.6) is 5.75 Å². The van der Waals surface area contributed by atoms with Crippen LogP contribution < -0.4 is 15.4 Å². The van der Waals surface area contributed by atoms with Gasteiger partial charge in [0.2, 0.25) is 11.8 Å². The number of carboxylic acids is 1. The van der Waals surface area contributed by atoms with Gasteiger partial charge in [-0.15, -0.1) is 0 Å². The van der Waals surface area contributed by atoms with E-state index < -0.39 is 24.6 Å². The Labute approximate surface area is 241 Å². The molecule has 0 aliphatic carbocycles. The summed E-state index contributed by atoms with van der Waals surface area (Å²) >= 11 is 0. The molecule has 2 heterocycles. The number of para-hydroxylation sites is 1. The molecule has 0 aromatic heterocycles. The molecule has 1 aromatic carbocycles. The number of aliphatic imine (C=N–C) groups is 1. The van der Waals surface area contributed by atoms with Gasteiger partial charge in [-0.1, -0.05) is 24.8 Å². The van der Waals surface area contributed by atoms with Gasteiger partial charge in [0, 0.05) is 37.5 Å². The number of piperidine rings is 2. The fourth-order valence-corrected chi connectivity index (χ4v) is 5.28. The minimum absolute atomic E-state index is 0.0494. The molecular formula is C31H43FN4O5. The summed E-state index contributed by atoms with van der Waals surface area (Å²) < 4.78 is 18.0. The molecule has 1 aromatic rings. The second-order valence-corrected chi connectivity index (χ2v) is 10.8. The quantitative estimate of drug-likeness (QED) is 0.291. The van der Waals surface area contributed by atoms with E-state index in [4.69, 9.17) is 4.74 Å². The van der Waals surface area contributed by atoms with E-state index in [2.05, 4.69) is 22.2 Å². The van der Waals surface area contributed by atoms with Gasteiger partial charge >= 0.3 is 5.97 Å². The van der Waals surface area contributed by atoms with Gasteiger partial charge in [0.1, 0.15) is 19.0 Å². The first-order valence-electron chi connectivity index (χ1n) is 14.5. The summed E-state index contributed by atoms with van der Waals surface area (Å²) in [6.07, 6.45) is 7.58. The lowest BCUT2D eigenvalue weighted by Crippen LogP contribution is -2.48. The Balaban J connectivity index is 1.58. The van der Waals surface area contributed by atoms with Crippen LogP contribution in [0.15, 0.2) is 47.6 Å². The van der Waals surface area contributed by atoms with Crippen LogP contribution in [0.4, 0.5) is 4.39 Å². The number of rotatable bonds is 14. The molecular weight excluding hydrogens is 527 g/mol. The van der Waals surface area contributed by atoms with Gasteiger partial charge in [-0.05, 0) is 75.2 Å². The van der Waals surface area contributed by atoms with E-state index in [0.29, 0.717) is 43.2 Å². The van der Waals surface area contributed by atoms with E-state index in [1.54, 1.807) is 23.2 Å². The average molecular weight is 571 g/mol. The SMILES string of the molecule is C=C(/C=N\C=C(/C)c1ccccc1OCCF)[C@H](CC(=O)O)NC(=O)[C@@H]1CCCN(C(=O)CCC2CCNCC2)C1. The molecule has 2 aliphatic rings. The molecule has 3 rings (SSSR count). The molecule has 0 bridgehead atoms. The van der Waals surface area contributed by atoms with Crippen LogP contribution in [-0.2, 0) is 14.4 Å². The van der Waals surface area contributed by atoms with Crippen molar-refractivity contribution in [2.45, 2.75) is 57.9 Å². The first-order valence-corrected chi connectivity index (χ1v) is 14.5. The lowest BCUT2D eigenvalue weighted by atomic mass is 9.92. The van der Waals surface area contributed by atoms with Gasteiger partial charge in [0.15, 0.2) is 0 Å². The highest BCUT2D eigenvalue weighted by molar-refractivity contribution is 5.87. The number of allylic oxidation sites excluding steroid dienone is 1. The number of carbonyl (C=O) groups is 3. The maximum Gasteiger partial charge on any atom is 0.305 e. The topological polar surface area (TPSA) is 120 Å². The van der Waals surface area contributed by atoms with Crippen LogP contribution in [0.1, 0.15) is 57.4 Å². The van der Waals surface area contributed by atoms with Crippen LogP contribution in [-0.4, -0.2) is 79.5 Å². The third-order valence-corrected chi connectivity index (χ3v) is 7.67. The lowest BCUT2D eigenvalue weighted by Gasteiger charge is -2.33. The van der Waals surface area contributed by atoms with Crippen molar-refractivity contribution in [3.63, 3.8) is 0 Å². The maximum atomic E-state index is 13.2. The summed E-state index contributed by atoms with van der Waals surface area (Å²) in [6.45, 7) is 8.11. The second-order valence-electron chi connectivity index (χ2n) is 10.8. The van der Waals surface area contributed by atoms with Crippen molar-refractivity contribution in [2.24, 2.45) is 16.8 Å². The largest absolute Gasteiger partial charge is 0.490 e. The molecule has 2 fully saturated rings. The van der Waals surface area contributed by atoms with Crippen LogP contribution in [0.2, 0.25) is 0 Å². The van der Waals surface area contributed by atoms with Gasteiger partial charge in [-0.25, -0.2) is 4.39 Å². The molecule has 224 valence electrons. The predicted octanol–water partition coefficient (Wildman–Crippen LogP) is 4.00. The van der Waals surface area contributed by atoms with E-state index in [1.165, 1.54) is 6.21 Å². The zero-order valence-corrected chi connectivity index (χ0v) is 23.9. The Bertz CT molecular complexity index is 1120. The van der Waals surface area contributed by atoms with Crippen molar-refractivity contribution in [2.75, 3.05) is 39.5 Å². The average Bonchev–Trinajstić information content (AvgIpc) is 2.98. The monoisotopic (exact) mass is 570 g/mol. The van der Waals surface area contributed by atoms with E-state index in [-0.39, 0.29) is 24.8 Å². The Morgan fingerprint density at radius 2 is 2.02 bits per heavy atom. The number of nitrogens with zero attached hydrogens (tertiary/aromatic N) is 2. The second kappa shape index (κ2) is 16.7. The number of amides is 2. The summed E-state index contributed by atoms with van der Waals surface area (Å²) in [4.78, 5) is 43.7. The summed E-state index contributed by atoms with van der Waals surface area (Å²) in [5.41, 5.74) is 1.86. The van der Waals surface area contributed by atoms with Gasteiger partial charge < -0.3 is 25.4 Å². The van der Waals surface area contributed by atoms with Crippen LogP contribution in [0, 0.1) is 11.8 Å². The van der Waals surface area contributed by atoms with Crippen molar-refractivity contribution >= 4 is 29.6 Å². The molecule has 0 spiro atoms. The highest BCUT2D eigenvalue weighted by Crippen LogP contribution is 2.26. The van der Waals surface area contributed by atoms with E-state index in [1.807, 2.05) is 19.1 Å². The molecule has 3 N–H and O–H groups in total. The fraction of sp³-hybridized carbons (Fsp3) is 0.548. The van der Waals surface area contributed by atoms with Crippen LogP contribution in [0.25, 0.3) is 5.57 Å². The zero-order chi connectivity index (χ0) is 29.6. The van der Waals surface area contributed by atoms with Crippen LogP contribution in [0.3, 0.4) is 0 Å². The number of benzene rings is 1. The molecule has 41 heavy (non-hydrogen) atoms. The van der Waals surface area contributed by atoms with E-state index in [0.717, 1.165) is 49.9 Å². The van der Waals surface area contributed by atoms with E-state index in [9.17, 15) is 23.9 Å². The molecule has 2 saturated heterocycles. The number of alkyl halides is 1. The summed E-state index contributed by atoms with van der Waals surface area (Å²) in [6, 6.07) is 6.38. The number of nitrogens with one attached hydrogen (secondary N) is 2. The summed E-state index contributed by atoms with van der Waals surface area (Å²) in [7, 11) is 0. The summed E-state index contributed by atoms with van der Waals surface area (Å²) in [5, 5.41) is 15.6. The zero-order valence-electron chi connectivity index (χ0n) is 23.9. The van der Waals surface area contributed by atoms with Crippen molar-refractivity contribution in [1.82, 2.24) is 15.5 Å². The number of aliphatic carboxylic acids is 1. The number of hydrogen-bond donors (Lipinski definition) is 3. The van der Waals surface area contributed by atoms with Gasteiger partial charge in [-0.3, -0.25) is 19.4 Å². The Kier molecular flexibility index (Phi) is 13.0. The minimum atomic E-state index is -1.08. The van der Waals surface area contributed by atoms with Crippen molar-refractivity contribution in [1.29, 1.82) is 0 Å². The van der Waals surface area contributed by atoms with Gasteiger partial charge in [0.05, 0.1) is 18.4 Å². The highest BCUT2D eigenvalue weighted by atomic mass is 19.1. The minimum Gasteiger partial charge on any atom is -0.490 e.